The fraction of sp³-hybridized carbons (Fsp3) is 0.905. The summed E-state index contributed by atoms with van der Waals surface area (Å²) in [6.45, 7) is 8.34. The van der Waals surface area contributed by atoms with Crippen molar-refractivity contribution in [1.82, 2.24) is 15.5 Å². The van der Waals surface area contributed by atoms with Crippen molar-refractivity contribution >= 4 is 47.8 Å². The minimum atomic E-state index is -0.449. The van der Waals surface area contributed by atoms with Gasteiger partial charge in [-0.05, 0) is 65.6 Å². The number of carbonyl (C=O) groups is 1. The topological polar surface area (TPSA) is 75.2 Å². The number of fused-ring (bicyclic) bond motifs is 2. The number of nitrogens with one attached hydrogen (secondary N) is 2. The van der Waals surface area contributed by atoms with E-state index in [1.54, 1.807) is 0 Å². The molecule has 2 unspecified atom stereocenters. The van der Waals surface area contributed by atoms with E-state index < -0.39 is 5.60 Å². The van der Waals surface area contributed by atoms with Crippen molar-refractivity contribution in [2.75, 3.05) is 33.1 Å². The molecule has 0 aliphatic carbocycles. The first kappa shape index (κ1) is 25.8. The molecule has 3 fully saturated rings. The van der Waals surface area contributed by atoms with Crippen molar-refractivity contribution in [3.8, 4) is 0 Å². The monoisotopic (exact) mass is 554 g/mol. The third kappa shape index (κ3) is 6.54. The second-order valence-electron chi connectivity index (χ2n) is 9.51. The smallest absolute Gasteiger partial charge is 0.410 e. The molecule has 3 saturated heterocycles. The average Bonchev–Trinajstić information content (AvgIpc) is 2.95. The van der Waals surface area contributed by atoms with E-state index in [-0.39, 0.29) is 46.9 Å². The lowest BCUT2D eigenvalue weighted by Crippen LogP contribution is -2.56. The highest BCUT2D eigenvalue weighted by molar-refractivity contribution is 14.0. The third-order valence-corrected chi connectivity index (χ3v) is 7.74. The van der Waals surface area contributed by atoms with Gasteiger partial charge in [0.05, 0.1) is 0 Å². The van der Waals surface area contributed by atoms with Gasteiger partial charge >= 0.3 is 6.09 Å². The SMILES string of the molecule is CN=C(NCC1(SC)CCOCC1)NC1CC2CCC(C1)N2C(=O)OC(C)(C)C.I. The van der Waals surface area contributed by atoms with E-state index >= 15 is 0 Å². The number of nitrogens with zero attached hydrogens (tertiary/aromatic N) is 2. The predicted molar refractivity (Wildman–Crippen MR) is 134 cm³/mol. The molecule has 2 atom stereocenters. The molecular formula is C21H39IN4O3S. The first-order chi connectivity index (χ1) is 13.8. The fourth-order valence-corrected chi connectivity index (χ4v) is 5.53. The van der Waals surface area contributed by atoms with E-state index in [4.69, 9.17) is 9.47 Å². The Morgan fingerprint density at radius 2 is 1.83 bits per heavy atom. The van der Waals surface area contributed by atoms with Crippen molar-refractivity contribution < 1.29 is 14.3 Å². The minimum Gasteiger partial charge on any atom is -0.444 e. The Bertz CT molecular complexity index is 594. The highest BCUT2D eigenvalue weighted by Gasteiger charge is 2.45. The van der Waals surface area contributed by atoms with Crippen LogP contribution in [-0.4, -0.2) is 78.5 Å². The molecule has 0 aromatic carbocycles. The van der Waals surface area contributed by atoms with Crippen molar-refractivity contribution in [3.05, 3.63) is 0 Å². The summed E-state index contributed by atoms with van der Waals surface area (Å²) in [5, 5.41) is 7.17. The summed E-state index contributed by atoms with van der Waals surface area (Å²) < 4.78 is 11.4. The lowest BCUT2D eigenvalue weighted by atomic mass is 9.97. The Morgan fingerprint density at radius 3 is 2.33 bits per heavy atom. The van der Waals surface area contributed by atoms with Crippen molar-refractivity contribution in [2.45, 2.75) is 87.8 Å². The molecule has 0 spiro atoms. The van der Waals surface area contributed by atoms with Crippen LogP contribution in [0.15, 0.2) is 4.99 Å². The zero-order chi connectivity index (χ0) is 21.1. The Hall–Kier alpha value is -0.420. The van der Waals surface area contributed by atoms with Crippen LogP contribution in [0, 0.1) is 0 Å². The number of aliphatic imine (C=N–C) groups is 1. The van der Waals surface area contributed by atoms with Gasteiger partial charge in [0, 0.05) is 49.7 Å². The first-order valence-electron chi connectivity index (χ1n) is 10.9. The van der Waals surface area contributed by atoms with Crippen LogP contribution in [0.1, 0.15) is 59.3 Å². The van der Waals surface area contributed by atoms with Crippen molar-refractivity contribution in [2.24, 2.45) is 4.99 Å². The van der Waals surface area contributed by atoms with Gasteiger partial charge in [0.25, 0.3) is 0 Å². The van der Waals surface area contributed by atoms with Gasteiger partial charge in [-0.2, -0.15) is 11.8 Å². The molecule has 7 nitrogen and oxygen atoms in total. The molecule has 3 aliphatic heterocycles. The highest BCUT2D eigenvalue weighted by Crippen LogP contribution is 2.37. The predicted octanol–water partition coefficient (Wildman–Crippen LogP) is 3.61. The maximum atomic E-state index is 12.6. The molecule has 3 rings (SSSR count). The van der Waals surface area contributed by atoms with Crippen LogP contribution in [0.3, 0.4) is 0 Å². The molecule has 2 bridgehead atoms. The highest BCUT2D eigenvalue weighted by atomic mass is 127. The van der Waals surface area contributed by atoms with Gasteiger partial charge in [-0.25, -0.2) is 4.79 Å². The van der Waals surface area contributed by atoms with Gasteiger partial charge in [0.15, 0.2) is 5.96 Å². The average molecular weight is 555 g/mol. The van der Waals surface area contributed by atoms with Crippen LogP contribution in [-0.2, 0) is 9.47 Å². The van der Waals surface area contributed by atoms with Gasteiger partial charge in [-0.1, -0.05) is 0 Å². The summed E-state index contributed by atoms with van der Waals surface area (Å²) in [6, 6.07) is 0.844. The maximum absolute atomic E-state index is 12.6. The Balaban J connectivity index is 0.00000320. The standard InChI is InChI=1S/C21H38N4O3S.HI/c1-20(2,3)28-19(26)25-16-6-7-17(25)13-15(12-16)24-18(22-4)23-14-21(29-5)8-10-27-11-9-21;/h15-17H,6-14H2,1-5H3,(H2,22,23,24);1H. The summed E-state index contributed by atoms with van der Waals surface area (Å²) in [6.07, 6.45) is 8.16. The number of amides is 1. The number of hydrogen-bond donors (Lipinski definition) is 2. The molecule has 3 heterocycles. The van der Waals surface area contributed by atoms with E-state index in [1.807, 2.05) is 44.5 Å². The Morgan fingerprint density at radius 1 is 1.23 bits per heavy atom. The molecule has 3 aliphatic rings. The number of halogens is 1. The third-order valence-electron chi connectivity index (χ3n) is 6.32. The summed E-state index contributed by atoms with van der Waals surface area (Å²) in [4.78, 5) is 19.1. The second-order valence-corrected chi connectivity index (χ2v) is 10.8. The van der Waals surface area contributed by atoms with E-state index in [9.17, 15) is 4.79 Å². The fourth-order valence-electron chi connectivity index (χ4n) is 4.74. The number of guanidine groups is 1. The van der Waals surface area contributed by atoms with Gasteiger partial charge in [-0.15, -0.1) is 24.0 Å². The minimum absolute atomic E-state index is 0. The number of hydrogen-bond acceptors (Lipinski definition) is 5. The van der Waals surface area contributed by atoms with Crippen LogP contribution in [0.4, 0.5) is 4.79 Å². The quantitative estimate of drug-likeness (QED) is 0.314. The molecular weight excluding hydrogens is 515 g/mol. The second kappa shape index (κ2) is 10.9. The van der Waals surface area contributed by atoms with Crippen molar-refractivity contribution in [1.29, 1.82) is 0 Å². The van der Waals surface area contributed by atoms with Crippen LogP contribution in [0.5, 0.6) is 0 Å². The normalized spacial score (nSPS) is 28.5. The number of ether oxygens (including phenoxy) is 2. The van der Waals surface area contributed by atoms with E-state index in [2.05, 4.69) is 21.9 Å². The molecule has 0 aromatic rings. The summed E-state index contributed by atoms with van der Waals surface area (Å²) in [7, 11) is 1.83. The van der Waals surface area contributed by atoms with E-state index in [0.29, 0.717) is 6.04 Å². The molecule has 174 valence electrons. The maximum Gasteiger partial charge on any atom is 0.410 e. The van der Waals surface area contributed by atoms with Gasteiger partial charge in [0.2, 0.25) is 0 Å². The number of thioether (sulfide) groups is 1. The van der Waals surface area contributed by atoms with E-state index in [1.165, 1.54) is 0 Å². The summed E-state index contributed by atoms with van der Waals surface area (Å²) >= 11 is 1.93. The summed E-state index contributed by atoms with van der Waals surface area (Å²) in [5.74, 6) is 0.861. The summed E-state index contributed by atoms with van der Waals surface area (Å²) in [5.41, 5.74) is -0.449. The van der Waals surface area contributed by atoms with Gasteiger partial charge < -0.3 is 25.0 Å². The molecule has 9 heteroatoms. The molecule has 0 aromatic heterocycles. The zero-order valence-corrected chi connectivity index (χ0v) is 22.2. The van der Waals surface area contributed by atoms with E-state index in [0.717, 1.165) is 64.2 Å². The Kier molecular flexibility index (Phi) is 9.42. The van der Waals surface area contributed by atoms with Crippen LogP contribution >= 0.6 is 35.7 Å². The van der Waals surface area contributed by atoms with Crippen LogP contribution in [0.25, 0.3) is 0 Å². The number of piperidine rings is 1. The largest absolute Gasteiger partial charge is 0.444 e. The Labute approximate surface area is 202 Å². The molecule has 0 radical (unpaired) electrons. The lowest BCUT2D eigenvalue weighted by Gasteiger charge is -2.40. The molecule has 1 amide bonds. The number of rotatable bonds is 4. The zero-order valence-electron chi connectivity index (χ0n) is 19.0. The van der Waals surface area contributed by atoms with Gasteiger partial charge in [0.1, 0.15) is 5.60 Å². The van der Waals surface area contributed by atoms with Gasteiger partial charge in [-0.3, -0.25) is 4.99 Å². The first-order valence-corrected chi connectivity index (χ1v) is 12.1. The molecule has 0 saturated carbocycles. The molecule has 2 N–H and O–H groups in total. The van der Waals surface area contributed by atoms with Crippen molar-refractivity contribution in [3.63, 3.8) is 0 Å². The van der Waals surface area contributed by atoms with Crippen LogP contribution in [0.2, 0.25) is 0 Å². The molecule has 30 heavy (non-hydrogen) atoms. The number of carbonyl (C=O) groups excluding carboxylic acids is 1. The van der Waals surface area contributed by atoms with Crippen LogP contribution < -0.4 is 10.6 Å². The lowest BCUT2D eigenvalue weighted by molar-refractivity contribution is 0.00544.